The van der Waals surface area contributed by atoms with Crippen LogP contribution in [0.2, 0.25) is 0 Å². The Morgan fingerprint density at radius 1 is 1.06 bits per heavy atom. The highest BCUT2D eigenvalue weighted by atomic mass is 16.6. The van der Waals surface area contributed by atoms with Crippen molar-refractivity contribution in [3.8, 4) is 5.75 Å². The van der Waals surface area contributed by atoms with Crippen molar-refractivity contribution in [2.75, 3.05) is 31.6 Å². The van der Waals surface area contributed by atoms with Gasteiger partial charge < -0.3 is 20.5 Å². The molecule has 1 unspecified atom stereocenters. The number of non-ortho nitro benzene ring substituents is 1. The van der Waals surface area contributed by atoms with Crippen LogP contribution in [0.1, 0.15) is 0 Å². The summed E-state index contributed by atoms with van der Waals surface area (Å²) >= 11 is 0. The van der Waals surface area contributed by atoms with E-state index >= 15 is 0 Å². The van der Waals surface area contributed by atoms with Gasteiger partial charge in [0.05, 0.1) is 10.6 Å². The Balaban J connectivity index is 1.22. The topological polar surface area (TPSA) is 136 Å². The molecule has 0 aliphatic carbocycles. The normalized spacial score (nSPS) is 12.2. The van der Waals surface area contributed by atoms with Crippen molar-refractivity contribution in [3.63, 3.8) is 0 Å². The number of hydrogen-bond acceptors (Lipinski definition) is 9. The molecule has 3 N–H and O–H groups in total. The van der Waals surface area contributed by atoms with Gasteiger partial charge in [0, 0.05) is 31.1 Å². The van der Waals surface area contributed by atoms with Crippen molar-refractivity contribution in [1.82, 2.24) is 15.6 Å². The maximum atomic E-state index is 11.0. The van der Waals surface area contributed by atoms with E-state index in [1.807, 2.05) is 42.5 Å². The third-order valence-corrected chi connectivity index (χ3v) is 4.77. The second-order valence-electron chi connectivity index (χ2n) is 6.92. The van der Waals surface area contributed by atoms with Crippen molar-refractivity contribution < 1.29 is 19.4 Å². The summed E-state index contributed by atoms with van der Waals surface area (Å²) in [6.45, 7) is 1.58. The fraction of sp³-hybridized carbons (Fsp3) is 0.238. The third kappa shape index (κ3) is 4.71. The molecule has 0 bridgehead atoms. The summed E-state index contributed by atoms with van der Waals surface area (Å²) in [7, 11) is 0. The molecule has 0 aliphatic heterocycles. The molecule has 3 aromatic carbocycles. The number of fused-ring (bicyclic) bond motifs is 2. The molecule has 1 heterocycles. The molecule has 4 aromatic rings. The summed E-state index contributed by atoms with van der Waals surface area (Å²) in [5.74, 6) is 0.738. The number of rotatable bonds is 10. The minimum atomic E-state index is -0.676. The Morgan fingerprint density at radius 2 is 1.87 bits per heavy atom. The molecule has 1 atom stereocenters. The zero-order valence-electron chi connectivity index (χ0n) is 16.5. The van der Waals surface area contributed by atoms with E-state index in [-0.39, 0.29) is 17.8 Å². The van der Waals surface area contributed by atoms with Crippen LogP contribution in [0.4, 0.5) is 11.4 Å². The number of nitrogens with one attached hydrogen (secondary N) is 2. The smallest absolute Gasteiger partial charge is 0.300 e. The fourth-order valence-electron chi connectivity index (χ4n) is 3.26. The Morgan fingerprint density at radius 3 is 2.74 bits per heavy atom. The molecule has 0 saturated carbocycles. The number of aromatic nitrogens is 2. The number of hydrogen-bond donors (Lipinski definition) is 3. The minimum Gasteiger partial charge on any atom is -0.490 e. The summed E-state index contributed by atoms with van der Waals surface area (Å²) in [6, 6.07) is 16.7. The van der Waals surface area contributed by atoms with Crippen LogP contribution in [0.25, 0.3) is 21.8 Å². The number of ether oxygens (including phenoxy) is 1. The van der Waals surface area contributed by atoms with E-state index in [9.17, 15) is 15.2 Å². The lowest BCUT2D eigenvalue weighted by Crippen LogP contribution is -2.34. The van der Waals surface area contributed by atoms with E-state index in [1.54, 1.807) is 6.07 Å². The summed E-state index contributed by atoms with van der Waals surface area (Å²) in [5, 5.41) is 36.9. The predicted octanol–water partition coefficient (Wildman–Crippen LogP) is 2.73. The highest BCUT2D eigenvalue weighted by Gasteiger charge is 2.19. The van der Waals surface area contributed by atoms with Crippen molar-refractivity contribution in [2.24, 2.45) is 0 Å². The average molecular weight is 423 g/mol. The standard InChI is InChI=1S/C21H21N5O5/c27-15(13-30-19-7-3-5-14-4-1-2-6-16(14)19)12-22-10-11-23-17-8-9-18(26(28)29)21-20(17)24-31-25-21/h1-9,15,22-23,27H,10-13H2. The Labute approximate surface area is 176 Å². The van der Waals surface area contributed by atoms with E-state index in [2.05, 4.69) is 25.6 Å². The Kier molecular flexibility index (Phi) is 6.20. The monoisotopic (exact) mass is 423 g/mol. The van der Waals surface area contributed by atoms with Crippen molar-refractivity contribution in [2.45, 2.75) is 6.10 Å². The zero-order chi connectivity index (χ0) is 21.6. The molecule has 0 fully saturated rings. The van der Waals surface area contributed by atoms with Crippen LogP contribution in [0.5, 0.6) is 5.75 Å². The number of anilines is 1. The SMILES string of the molecule is O=[N+]([O-])c1ccc(NCCNCC(O)COc2cccc3ccccc23)c2nonc12. The lowest BCUT2D eigenvalue weighted by Gasteiger charge is -2.15. The quantitative estimate of drug-likeness (QED) is 0.200. The van der Waals surface area contributed by atoms with Gasteiger partial charge >= 0.3 is 5.69 Å². The highest BCUT2D eigenvalue weighted by Crippen LogP contribution is 2.28. The molecule has 31 heavy (non-hydrogen) atoms. The maximum Gasteiger partial charge on any atom is 0.300 e. The van der Waals surface area contributed by atoms with Crippen LogP contribution >= 0.6 is 0 Å². The highest BCUT2D eigenvalue weighted by molar-refractivity contribution is 5.93. The van der Waals surface area contributed by atoms with Gasteiger partial charge in [0.15, 0.2) is 5.52 Å². The van der Waals surface area contributed by atoms with Crippen LogP contribution in [-0.2, 0) is 0 Å². The first-order valence-corrected chi connectivity index (χ1v) is 9.76. The molecule has 10 nitrogen and oxygen atoms in total. The van der Waals surface area contributed by atoms with Gasteiger partial charge in [-0.3, -0.25) is 10.1 Å². The Hall–Kier alpha value is -3.76. The van der Waals surface area contributed by atoms with E-state index in [4.69, 9.17) is 4.74 Å². The molecule has 0 aliphatic rings. The molecule has 10 heteroatoms. The summed E-state index contributed by atoms with van der Waals surface area (Å²) < 4.78 is 10.4. The van der Waals surface area contributed by atoms with Gasteiger partial charge in [-0.15, -0.1) is 0 Å². The van der Waals surface area contributed by atoms with Crippen LogP contribution in [-0.4, -0.2) is 52.7 Å². The largest absolute Gasteiger partial charge is 0.490 e. The van der Waals surface area contributed by atoms with Crippen LogP contribution in [0.15, 0.2) is 59.2 Å². The number of nitrogens with zero attached hydrogens (tertiary/aromatic N) is 3. The van der Waals surface area contributed by atoms with E-state index in [0.717, 1.165) is 16.5 Å². The van der Waals surface area contributed by atoms with Crippen LogP contribution in [0, 0.1) is 10.1 Å². The van der Waals surface area contributed by atoms with E-state index < -0.39 is 11.0 Å². The van der Waals surface area contributed by atoms with Gasteiger partial charge in [-0.2, -0.15) is 0 Å². The number of aliphatic hydroxyl groups is 1. The van der Waals surface area contributed by atoms with Gasteiger partial charge in [0.25, 0.3) is 0 Å². The molecule has 0 radical (unpaired) electrons. The molecule has 4 rings (SSSR count). The first kappa shape index (κ1) is 20.5. The van der Waals surface area contributed by atoms with Gasteiger partial charge in [-0.25, -0.2) is 4.63 Å². The molecule has 160 valence electrons. The molecular formula is C21H21N5O5. The first-order chi connectivity index (χ1) is 15.1. The van der Waals surface area contributed by atoms with Gasteiger partial charge in [-0.05, 0) is 27.8 Å². The van der Waals surface area contributed by atoms with Crippen LogP contribution < -0.4 is 15.4 Å². The summed E-state index contributed by atoms with van der Waals surface area (Å²) in [6.07, 6.45) is -0.676. The van der Waals surface area contributed by atoms with Crippen molar-refractivity contribution >= 4 is 33.2 Å². The first-order valence-electron chi connectivity index (χ1n) is 9.76. The van der Waals surface area contributed by atoms with Crippen molar-refractivity contribution in [1.29, 1.82) is 0 Å². The van der Waals surface area contributed by atoms with E-state index in [0.29, 0.717) is 30.8 Å². The fourth-order valence-corrected chi connectivity index (χ4v) is 3.26. The third-order valence-electron chi connectivity index (χ3n) is 4.77. The van der Waals surface area contributed by atoms with Gasteiger partial charge in [-0.1, -0.05) is 36.4 Å². The van der Waals surface area contributed by atoms with E-state index in [1.165, 1.54) is 6.07 Å². The van der Waals surface area contributed by atoms with Gasteiger partial charge in [0.1, 0.15) is 18.5 Å². The number of aliphatic hydroxyl groups excluding tert-OH is 1. The lowest BCUT2D eigenvalue weighted by molar-refractivity contribution is -0.383. The molecular weight excluding hydrogens is 402 g/mol. The lowest BCUT2D eigenvalue weighted by atomic mass is 10.1. The maximum absolute atomic E-state index is 11.0. The molecule has 0 amide bonds. The second-order valence-corrected chi connectivity index (χ2v) is 6.92. The molecule has 0 spiro atoms. The summed E-state index contributed by atoms with van der Waals surface area (Å²) in [5.41, 5.74) is 0.833. The second kappa shape index (κ2) is 9.37. The minimum absolute atomic E-state index is 0.101. The average Bonchev–Trinajstić information content (AvgIpc) is 3.27. The number of benzene rings is 3. The Bertz CT molecular complexity index is 1190. The van der Waals surface area contributed by atoms with Gasteiger partial charge in [0.2, 0.25) is 5.52 Å². The predicted molar refractivity (Wildman–Crippen MR) is 115 cm³/mol. The van der Waals surface area contributed by atoms with Crippen LogP contribution in [0.3, 0.4) is 0 Å². The number of nitro benzene ring substituents is 1. The van der Waals surface area contributed by atoms with Crippen molar-refractivity contribution in [3.05, 3.63) is 64.7 Å². The zero-order valence-corrected chi connectivity index (χ0v) is 16.5. The molecule has 0 saturated heterocycles. The number of nitro groups is 1. The summed E-state index contributed by atoms with van der Waals surface area (Å²) in [4.78, 5) is 10.5. The molecule has 1 aromatic heterocycles.